The molecule has 0 spiro atoms. The third kappa shape index (κ3) is 2.76. The van der Waals surface area contributed by atoms with E-state index in [0.717, 1.165) is 12.0 Å². The number of nitrogens with zero attached hydrogens (tertiary/aromatic N) is 3. The van der Waals surface area contributed by atoms with Gasteiger partial charge in [-0.15, -0.1) is 0 Å². The van der Waals surface area contributed by atoms with Crippen LogP contribution in [0.3, 0.4) is 0 Å². The Bertz CT molecular complexity index is 1010. The van der Waals surface area contributed by atoms with Gasteiger partial charge < -0.3 is 9.47 Å². The highest BCUT2D eigenvalue weighted by Crippen LogP contribution is 2.24. The fourth-order valence-electron chi connectivity index (χ4n) is 3.38. The number of halogens is 1. The minimum atomic E-state index is -0.345. The lowest BCUT2D eigenvalue weighted by molar-refractivity contribution is 0.0726. The second kappa shape index (κ2) is 6.49. The van der Waals surface area contributed by atoms with Gasteiger partial charge in [0.25, 0.3) is 5.91 Å². The fraction of sp³-hybridized carbons (Fsp3) is 0.143. The molecule has 1 amide bonds. The molecule has 0 saturated carbocycles. The molecule has 128 valence electrons. The normalized spacial score (nSPS) is 13.2. The molecule has 4 rings (SSSR count). The zero-order chi connectivity index (χ0) is 18.1. The van der Waals surface area contributed by atoms with E-state index < -0.39 is 0 Å². The largest absolute Gasteiger partial charge is 0.333 e. The van der Waals surface area contributed by atoms with Gasteiger partial charge in [-0.1, -0.05) is 24.3 Å². The molecule has 2 aromatic carbocycles. The van der Waals surface area contributed by atoms with Crippen molar-refractivity contribution in [1.29, 1.82) is 5.26 Å². The van der Waals surface area contributed by atoms with Gasteiger partial charge >= 0.3 is 0 Å². The second-order valence-electron chi connectivity index (χ2n) is 6.28. The Morgan fingerprint density at radius 1 is 1.04 bits per heavy atom. The van der Waals surface area contributed by atoms with Gasteiger partial charge in [0, 0.05) is 25.0 Å². The van der Waals surface area contributed by atoms with Crippen molar-refractivity contribution in [2.45, 2.75) is 13.0 Å². The van der Waals surface area contributed by atoms with Crippen LogP contribution in [0.1, 0.15) is 27.2 Å². The summed E-state index contributed by atoms with van der Waals surface area (Å²) in [5, 5.41) is 9.43. The van der Waals surface area contributed by atoms with Gasteiger partial charge in [0.05, 0.1) is 5.56 Å². The molecule has 0 aliphatic carbocycles. The van der Waals surface area contributed by atoms with Crippen molar-refractivity contribution in [2.75, 3.05) is 6.54 Å². The fourth-order valence-corrected chi connectivity index (χ4v) is 3.38. The van der Waals surface area contributed by atoms with Crippen molar-refractivity contribution in [2.24, 2.45) is 0 Å². The van der Waals surface area contributed by atoms with Gasteiger partial charge in [-0.25, -0.2) is 4.39 Å². The summed E-state index contributed by atoms with van der Waals surface area (Å²) in [6, 6.07) is 17.7. The summed E-state index contributed by atoms with van der Waals surface area (Å²) in [5.74, 6) is -0.535. The van der Waals surface area contributed by atoms with Crippen LogP contribution in [0, 0.1) is 17.1 Å². The standard InChI is InChI=1S/C21H16FN3O/c22-18-5-7-19(8-6-18)25-12-10-16(13-23)20(25)21(26)24-11-9-15-3-1-2-4-17(15)14-24/h1-8,10,12H,9,11,14H2. The molecule has 5 heteroatoms. The van der Waals surface area contributed by atoms with E-state index >= 15 is 0 Å². The average molecular weight is 345 g/mol. The number of amides is 1. The van der Waals surface area contributed by atoms with Crippen LogP contribution < -0.4 is 0 Å². The van der Waals surface area contributed by atoms with Crippen LogP contribution in [0.4, 0.5) is 4.39 Å². The molecule has 1 aliphatic rings. The minimum Gasteiger partial charge on any atom is -0.333 e. The monoisotopic (exact) mass is 345 g/mol. The third-order valence-corrected chi connectivity index (χ3v) is 4.73. The third-order valence-electron chi connectivity index (χ3n) is 4.73. The topological polar surface area (TPSA) is 49.0 Å². The second-order valence-corrected chi connectivity index (χ2v) is 6.28. The number of carbonyl (C=O) groups excluding carboxylic acids is 1. The molecule has 4 nitrogen and oxygen atoms in total. The first-order chi connectivity index (χ1) is 12.7. The molecule has 0 fully saturated rings. The van der Waals surface area contributed by atoms with E-state index in [0.29, 0.717) is 30.0 Å². The zero-order valence-electron chi connectivity index (χ0n) is 14.0. The first-order valence-corrected chi connectivity index (χ1v) is 8.41. The number of hydrogen-bond donors (Lipinski definition) is 0. The van der Waals surface area contributed by atoms with Gasteiger partial charge in [0.15, 0.2) is 0 Å². The molecule has 0 unspecified atom stereocenters. The van der Waals surface area contributed by atoms with E-state index in [4.69, 9.17) is 0 Å². The van der Waals surface area contributed by atoms with Crippen LogP contribution in [-0.4, -0.2) is 21.9 Å². The van der Waals surface area contributed by atoms with Gasteiger partial charge in [-0.3, -0.25) is 4.79 Å². The summed E-state index contributed by atoms with van der Waals surface area (Å²) in [7, 11) is 0. The number of hydrogen-bond acceptors (Lipinski definition) is 2. The maximum atomic E-state index is 13.2. The lowest BCUT2D eigenvalue weighted by atomic mass is 9.99. The highest BCUT2D eigenvalue weighted by molar-refractivity contribution is 5.96. The molecule has 3 aromatic rings. The molecule has 1 aromatic heterocycles. The Morgan fingerprint density at radius 2 is 1.77 bits per heavy atom. The molecule has 0 N–H and O–H groups in total. The Kier molecular flexibility index (Phi) is 4.02. The molecular formula is C21H16FN3O. The predicted octanol–water partition coefficient (Wildman–Crippen LogP) is 3.69. The van der Waals surface area contributed by atoms with Crippen molar-refractivity contribution in [3.8, 4) is 11.8 Å². The lowest BCUT2D eigenvalue weighted by Crippen LogP contribution is -2.37. The van der Waals surface area contributed by atoms with Crippen LogP contribution in [-0.2, 0) is 13.0 Å². The summed E-state index contributed by atoms with van der Waals surface area (Å²) < 4.78 is 14.9. The molecule has 2 heterocycles. The summed E-state index contributed by atoms with van der Waals surface area (Å²) in [6.45, 7) is 1.13. The smallest absolute Gasteiger partial charge is 0.272 e. The Hall–Kier alpha value is -3.39. The quantitative estimate of drug-likeness (QED) is 0.711. The lowest BCUT2D eigenvalue weighted by Gasteiger charge is -2.29. The summed E-state index contributed by atoms with van der Waals surface area (Å²) >= 11 is 0. The van der Waals surface area contributed by atoms with E-state index in [1.165, 1.54) is 17.7 Å². The maximum absolute atomic E-state index is 13.2. The molecule has 0 radical (unpaired) electrons. The average Bonchev–Trinajstić information content (AvgIpc) is 3.11. The van der Waals surface area contributed by atoms with Gasteiger partial charge in [0.1, 0.15) is 17.6 Å². The maximum Gasteiger partial charge on any atom is 0.272 e. The Labute approximate surface area is 150 Å². The summed E-state index contributed by atoms with van der Waals surface area (Å²) in [6.07, 6.45) is 2.47. The van der Waals surface area contributed by atoms with E-state index in [9.17, 15) is 14.4 Å². The van der Waals surface area contributed by atoms with Crippen molar-refractivity contribution in [3.05, 3.63) is 89.0 Å². The summed E-state index contributed by atoms with van der Waals surface area (Å²) in [4.78, 5) is 15.0. The highest BCUT2D eigenvalue weighted by atomic mass is 19.1. The molecular weight excluding hydrogens is 329 g/mol. The number of nitriles is 1. The number of aromatic nitrogens is 1. The van der Waals surface area contributed by atoms with Crippen molar-refractivity contribution in [3.63, 3.8) is 0 Å². The van der Waals surface area contributed by atoms with Gasteiger partial charge in [0.2, 0.25) is 0 Å². The van der Waals surface area contributed by atoms with Crippen LogP contribution in [0.25, 0.3) is 5.69 Å². The van der Waals surface area contributed by atoms with Crippen molar-refractivity contribution in [1.82, 2.24) is 9.47 Å². The number of carbonyl (C=O) groups is 1. The summed E-state index contributed by atoms with van der Waals surface area (Å²) in [5.41, 5.74) is 3.67. The van der Waals surface area contributed by atoms with Gasteiger partial charge in [-0.2, -0.15) is 5.26 Å². The highest BCUT2D eigenvalue weighted by Gasteiger charge is 2.26. The van der Waals surface area contributed by atoms with Gasteiger partial charge in [-0.05, 0) is 47.9 Å². The predicted molar refractivity (Wildman–Crippen MR) is 95.3 cm³/mol. The first-order valence-electron chi connectivity index (χ1n) is 8.41. The van der Waals surface area contributed by atoms with E-state index in [1.54, 1.807) is 33.9 Å². The number of rotatable bonds is 2. The number of fused-ring (bicyclic) bond motifs is 1. The van der Waals surface area contributed by atoms with Crippen molar-refractivity contribution >= 4 is 5.91 Å². The van der Waals surface area contributed by atoms with Crippen LogP contribution >= 0.6 is 0 Å². The molecule has 0 saturated heterocycles. The van der Waals surface area contributed by atoms with E-state index in [1.807, 2.05) is 18.2 Å². The molecule has 0 bridgehead atoms. The Balaban J connectivity index is 1.71. The van der Waals surface area contributed by atoms with Crippen LogP contribution in [0.2, 0.25) is 0 Å². The van der Waals surface area contributed by atoms with Crippen LogP contribution in [0.5, 0.6) is 0 Å². The van der Waals surface area contributed by atoms with Crippen LogP contribution in [0.15, 0.2) is 60.8 Å². The number of benzene rings is 2. The molecule has 0 atom stereocenters. The van der Waals surface area contributed by atoms with E-state index in [-0.39, 0.29) is 11.7 Å². The zero-order valence-corrected chi connectivity index (χ0v) is 14.0. The molecule has 26 heavy (non-hydrogen) atoms. The first kappa shape index (κ1) is 16.1. The Morgan fingerprint density at radius 3 is 2.50 bits per heavy atom. The SMILES string of the molecule is N#Cc1ccn(-c2ccc(F)cc2)c1C(=O)N1CCc2ccccc2C1. The molecule has 1 aliphatic heterocycles. The van der Waals surface area contributed by atoms with Crippen molar-refractivity contribution < 1.29 is 9.18 Å². The van der Waals surface area contributed by atoms with E-state index in [2.05, 4.69) is 12.1 Å². The minimum absolute atomic E-state index is 0.189.